The van der Waals surface area contributed by atoms with E-state index in [4.69, 9.17) is 0 Å². The first-order valence-electron chi connectivity index (χ1n) is 2.25. The average Bonchev–Trinajstić information content (AvgIpc) is 1.80. The third kappa shape index (κ3) is 3.44. The smallest absolute Gasteiger partial charge is 0.367 e. The summed E-state index contributed by atoms with van der Waals surface area (Å²) in [6.07, 6.45) is -10.8. The Morgan fingerprint density at radius 1 is 1.17 bits per heavy atom. The van der Waals surface area contributed by atoms with Gasteiger partial charge in [-0.2, -0.15) is 14.7 Å². The summed E-state index contributed by atoms with van der Waals surface area (Å²) in [5.41, 5.74) is 0. The van der Waals surface area contributed by atoms with Gasteiger partial charge in [-0.05, 0) is 0 Å². The van der Waals surface area contributed by atoms with Crippen LogP contribution in [0.2, 0.25) is 0 Å². The molecule has 72 valence electrons. The zero-order valence-electron chi connectivity index (χ0n) is 5.19. The Kier molecular flexibility index (Phi) is 2.93. The fourth-order valence-corrected chi connectivity index (χ4v) is 0.256. The maximum atomic E-state index is 11.8. The van der Waals surface area contributed by atoms with Crippen LogP contribution in [-0.4, -0.2) is 18.4 Å². The standard InChI is InChI=1S/C3H2F5NO3/c4-2(5,1(10)11-9)12-3(6,7)8/h9H2. The van der Waals surface area contributed by atoms with Gasteiger partial charge in [0.2, 0.25) is 0 Å². The van der Waals surface area contributed by atoms with E-state index in [1.54, 1.807) is 0 Å². The number of hydrogen-bond acceptors (Lipinski definition) is 4. The molecule has 0 aliphatic heterocycles. The molecule has 0 aliphatic rings. The second-order valence-electron chi connectivity index (χ2n) is 1.47. The summed E-state index contributed by atoms with van der Waals surface area (Å²) < 4.78 is 59.0. The Labute approximate surface area is 62.0 Å². The third-order valence-corrected chi connectivity index (χ3v) is 0.589. The van der Waals surface area contributed by atoms with Gasteiger partial charge in [-0.3, -0.25) is 0 Å². The van der Waals surface area contributed by atoms with Crippen molar-refractivity contribution in [2.75, 3.05) is 0 Å². The molecule has 0 saturated carbocycles. The van der Waals surface area contributed by atoms with Crippen LogP contribution in [0.25, 0.3) is 0 Å². The monoisotopic (exact) mass is 195 g/mol. The molecule has 0 unspecified atom stereocenters. The van der Waals surface area contributed by atoms with Crippen molar-refractivity contribution < 1.29 is 36.3 Å². The summed E-state index contributed by atoms with van der Waals surface area (Å²) in [7, 11) is 0. The molecule has 12 heavy (non-hydrogen) atoms. The minimum absolute atomic E-state index is 2.09. The van der Waals surface area contributed by atoms with Crippen molar-refractivity contribution in [2.45, 2.75) is 12.5 Å². The summed E-state index contributed by atoms with van der Waals surface area (Å²) in [5.74, 6) is 1.27. The Morgan fingerprint density at radius 3 is 1.83 bits per heavy atom. The van der Waals surface area contributed by atoms with Gasteiger partial charge in [-0.15, -0.1) is 13.2 Å². The van der Waals surface area contributed by atoms with Gasteiger partial charge in [0.1, 0.15) is 0 Å². The van der Waals surface area contributed by atoms with Crippen molar-refractivity contribution in [1.29, 1.82) is 0 Å². The van der Waals surface area contributed by atoms with Crippen molar-refractivity contribution in [3.8, 4) is 0 Å². The molecule has 2 N–H and O–H groups in total. The number of carbonyl (C=O) groups is 1. The van der Waals surface area contributed by atoms with Crippen molar-refractivity contribution in [2.24, 2.45) is 5.90 Å². The lowest BCUT2D eigenvalue weighted by atomic mass is 10.6. The molecule has 0 rings (SSSR count). The van der Waals surface area contributed by atoms with Gasteiger partial charge in [0.05, 0.1) is 0 Å². The van der Waals surface area contributed by atoms with E-state index in [1.807, 2.05) is 0 Å². The largest absolute Gasteiger partial charge is 0.527 e. The molecule has 0 fully saturated rings. The topological polar surface area (TPSA) is 61.5 Å². The average molecular weight is 195 g/mol. The highest BCUT2D eigenvalue weighted by molar-refractivity contribution is 5.75. The van der Waals surface area contributed by atoms with Crippen LogP contribution in [0.5, 0.6) is 0 Å². The fourth-order valence-electron chi connectivity index (χ4n) is 0.256. The molecule has 4 nitrogen and oxygen atoms in total. The minimum atomic E-state index is -5.64. The van der Waals surface area contributed by atoms with Crippen molar-refractivity contribution in [1.82, 2.24) is 0 Å². The second-order valence-corrected chi connectivity index (χ2v) is 1.47. The third-order valence-electron chi connectivity index (χ3n) is 0.589. The Bertz CT molecular complexity index is 177. The molecule has 0 saturated heterocycles. The first-order valence-corrected chi connectivity index (χ1v) is 2.25. The first-order chi connectivity index (χ1) is 5.19. The molecule has 0 aliphatic carbocycles. The lowest BCUT2D eigenvalue weighted by molar-refractivity contribution is -0.414. The van der Waals surface area contributed by atoms with Crippen LogP contribution in [0.4, 0.5) is 22.0 Å². The van der Waals surface area contributed by atoms with E-state index in [1.165, 1.54) is 0 Å². The van der Waals surface area contributed by atoms with Gasteiger partial charge in [0, 0.05) is 0 Å². The normalized spacial score (nSPS) is 12.8. The quantitative estimate of drug-likeness (QED) is 0.515. The van der Waals surface area contributed by atoms with Crippen LogP contribution in [0, 0.1) is 0 Å². The van der Waals surface area contributed by atoms with E-state index in [2.05, 4.69) is 15.5 Å². The molecule has 0 aromatic heterocycles. The molecule has 0 spiro atoms. The minimum Gasteiger partial charge on any atom is -0.367 e. The first kappa shape index (κ1) is 11.0. The maximum absolute atomic E-state index is 11.8. The molecular formula is C3H2F5NO3. The number of nitrogens with two attached hydrogens (primary N) is 1. The van der Waals surface area contributed by atoms with Crippen LogP contribution < -0.4 is 5.90 Å². The molecule has 9 heteroatoms. The fraction of sp³-hybridized carbons (Fsp3) is 0.667. The summed E-state index contributed by atoms with van der Waals surface area (Å²) in [6, 6.07) is 0. The lowest BCUT2D eigenvalue weighted by Gasteiger charge is -2.14. The molecule has 0 heterocycles. The highest BCUT2D eigenvalue weighted by atomic mass is 19.4. The molecule has 0 atom stereocenters. The highest BCUT2D eigenvalue weighted by Crippen LogP contribution is 2.28. The number of ether oxygens (including phenoxy) is 1. The van der Waals surface area contributed by atoms with Crippen LogP contribution >= 0.6 is 0 Å². The van der Waals surface area contributed by atoms with Crippen molar-refractivity contribution >= 4 is 5.97 Å². The van der Waals surface area contributed by atoms with Crippen molar-refractivity contribution in [3.63, 3.8) is 0 Å². The van der Waals surface area contributed by atoms with Gasteiger partial charge < -0.3 is 4.84 Å². The van der Waals surface area contributed by atoms with Crippen molar-refractivity contribution in [3.05, 3.63) is 0 Å². The summed E-state index contributed by atoms with van der Waals surface area (Å²) in [6.45, 7) is 0. The molecular weight excluding hydrogens is 193 g/mol. The van der Waals surface area contributed by atoms with Crippen LogP contribution in [-0.2, 0) is 14.4 Å². The number of halogens is 5. The van der Waals surface area contributed by atoms with Crippen LogP contribution in [0.1, 0.15) is 0 Å². The van der Waals surface area contributed by atoms with E-state index >= 15 is 0 Å². The second kappa shape index (κ2) is 3.19. The molecule has 0 aromatic carbocycles. The van der Waals surface area contributed by atoms with E-state index in [9.17, 15) is 26.7 Å². The van der Waals surface area contributed by atoms with Crippen LogP contribution in [0.15, 0.2) is 0 Å². The predicted octanol–water partition coefficient (Wildman–Crippen LogP) is 0.533. The van der Waals surface area contributed by atoms with E-state index in [0.29, 0.717) is 0 Å². The Morgan fingerprint density at radius 2 is 1.58 bits per heavy atom. The SMILES string of the molecule is NOC(=O)C(F)(F)OC(F)(F)F. The van der Waals surface area contributed by atoms with E-state index < -0.39 is 18.4 Å². The number of rotatable bonds is 2. The van der Waals surface area contributed by atoms with Gasteiger partial charge in [0.15, 0.2) is 0 Å². The zero-order chi connectivity index (χ0) is 9.99. The van der Waals surface area contributed by atoms with Gasteiger partial charge in [-0.25, -0.2) is 9.53 Å². The number of hydrogen-bond donors (Lipinski definition) is 1. The molecule has 0 radical (unpaired) electrons. The maximum Gasteiger partial charge on any atom is 0.527 e. The Hall–Kier alpha value is -0.960. The Balaban J connectivity index is 4.32. The predicted molar refractivity (Wildman–Crippen MR) is 22.4 cm³/mol. The van der Waals surface area contributed by atoms with E-state index in [0.717, 1.165) is 0 Å². The van der Waals surface area contributed by atoms with Crippen LogP contribution in [0.3, 0.4) is 0 Å². The highest BCUT2D eigenvalue weighted by Gasteiger charge is 2.52. The molecule has 0 bridgehead atoms. The lowest BCUT2D eigenvalue weighted by Crippen LogP contribution is -2.39. The van der Waals surface area contributed by atoms with Gasteiger partial charge in [0.25, 0.3) is 0 Å². The zero-order valence-corrected chi connectivity index (χ0v) is 5.19. The molecule has 0 aromatic rings. The summed E-state index contributed by atoms with van der Waals surface area (Å²) >= 11 is 0. The van der Waals surface area contributed by atoms with Gasteiger partial charge >= 0.3 is 18.4 Å². The summed E-state index contributed by atoms with van der Waals surface area (Å²) in [4.78, 5) is 12.6. The number of alkyl halides is 5. The number of carbonyl (C=O) groups excluding carboxylic acids is 1. The molecule has 0 amide bonds. The van der Waals surface area contributed by atoms with Gasteiger partial charge in [-0.1, -0.05) is 0 Å². The summed E-state index contributed by atoms with van der Waals surface area (Å²) in [5, 5.41) is 0. The van der Waals surface area contributed by atoms with E-state index in [-0.39, 0.29) is 0 Å².